The Hall–Kier alpha value is -1.11. The lowest BCUT2D eigenvalue weighted by Crippen LogP contribution is -1.83. The molecule has 0 saturated heterocycles. The summed E-state index contributed by atoms with van der Waals surface area (Å²) < 4.78 is 0. The number of allylic oxidation sites excluding steroid dienone is 6. The molecule has 1 heteroatoms. The molecule has 0 aliphatic heterocycles. The molecule has 0 rings (SSSR count). The summed E-state index contributed by atoms with van der Waals surface area (Å²) in [4.78, 5) is 10.5. The van der Waals surface area contributed by atoms with Crippen molar-refractivity contribution in [3.8, 4) is 0 Å². The Kier molecular flexibility index (Phi) is 5.86. The highest BCUT2D eigenvalue weighted by molar-refractivity contribution is 5.74. The molecule has 0 aromatic carbocycles. The molecule has 0 amide bonds. The average Bonchev–Trinajstić information content (AvgIpc) is 2.13. The minimum Gasteiger partial charge on any atom is -0.298 e. The molecule has 1 nitrogen and oxygen atoms in total. The molecule has 72 valence electrons. The van der Waals surface area contributed by atoms with E-state index in [9.17, 15) is 4.79 Å². The fourth-order valence-corrected chi connectivity index (χ4v) is 0.996. The van der Waals surface area contributed by atoms with Crippen LogP contribution in [-0.2, 0) is 4.79 Å². The van der Waals surface area contributed by atoms with Gasteiger partial charge in [-0.3, -0.25) is 4.79 Å². The first-order valence-electron chi connectivity index (χ1n) is 4.61. The van der Waals surface area contributed by atoms with Gasteiger partial charge in [0.05, 0.1) is 0 Å². The molecule has 0 aromatic heterocycles. The van der Waals surface area contributed by atoms with E-state index in [2.05, 4.69) is 6.08 Å². The Balaban J connectivity index is 4.60. The van der Waals surface area contributed by atoms with Crippen LogP contribution in [0.15, 0.2) is 34.9 Å². The largest absolute Gasteiger partial charge is 0.298 e. The molecule has 0 radical (unpaired) electrons. The summed E-state index contributed by atoms with van der Waals surface area (Å²) in [7, 11) is 0. The van der Waals surface area contributed by atoms with Gasteiger partial charge in [0.15, 0.2) is 0 Å². The van der Waals surface area contributed by atoms with Crippen molar-refractivity contribution in [2.45, 2.75) is 34.1 Å². The van der Waals surface area contributed by atoms with Crippen LogP contribution in [0.4, 0.5) is 0 Å². The molecule has 0 N–H and O–H groups in total. The van der Waals surface area contributed by atoms with Crippen molar-refractivity contribution < 1.29 is 4.79 Å². The predicted molar refractivity (Wildman–Crippen MR) is 57.6 cm³/mol. The molecule has 13 heavy (non-hydrogen) atoms. The third-order valence-corrected chi connectivity index (χ3v) is 1.88. The predicted octanol–water partition coefficient (Wildman–Crippen LogP) is 3.43. The van der Waals surface area contributed by atoms with Crippen molar-refractivity contribution >= 4 is 6.29 Å². The van der Waals surface area contributed by atoms with Gasteiger partial charge in [0.25, 0.3) is 0 Å². The average molecular weight is 178 g/mol. The van der Waals surface area contributed by atoms with Crippen molar-refractivity contribution in [2.75, 3.05) is 0 Å². The van der Waals surface area contributed by atoms with Crippen molar-refractivity contribution in [3.63, 3.8) is 0 Å². The Labute approximate surface area is 80.8 Å². The maximum absolute atomic E-state index is 10.5. The first-order valence-corrected chi connectivity index (χ1v) is 4.61. The Bertz CT molecular complexity index is 254. The smallest absolute Gasteiger partial charge is 0.146 e. The van der Waals surface area contributed by atoms with Crippen LogP contribution in [0.3, 0.4) is 0 Å². The lowest BCUT2D eigenvalue weighted by Gasteiger charge is -1.96. The third-order valence-electron chi connectivity index (χ3n) is 1.88. The summed E-state index contributed by atoms with van der Waals surface area (Å²) >= 11 is 0. The van der Waals surface area contributed by atoms with Gasteiger partial charge in [-0.15, -0.1) is 0 Å². The van der Waals surface area contributed by atoms with Gasteiger partial charge in [-0.2, -0.15) is 0 Å². The second-order valence-corrected chi connectivity index (χ2v) is 3.11. The Morgan fingerprint density at radius 2 is 1.77 bits per heavy atom. The molecule has 0 unspecified atom stereocenters. The maximum atomic E-state index is 10.5. The van der Waals surface area contributed by atoms with Gasteiger partial charge in [0, 0.05) is 0 Å². The second kappa shape index (κ2) is 6.41. The zero-order valence-corrected chi connectivity index (χ0v) is 8.92. The zero-order chi connectivity index (χ0) is 10.3. The van der Waals surface area contributed by atoms with Gasteiger partial charge in [-0.1, -0.05) is 36.3 Å². The fourth-order valence-electron chi connectivity index (χ4n) is 0.996. The summed E-state index contributed by atoms with van der Waals surface area (Å²) in [5.74, 6) is 0. The highest BCUT2D eigenvalue weighted by Gasteiger charge is 1.91. The summed E-state index contributed by atoms with van der Waals surface area (Å²) in [6, 6.07) is 0. The molecule has 0 fully saturated rings. The van der Waals surface area contributed by atoms with Gasteiger partial charge < -0.3 is 0 Å². The normalized spacial score (nSPS) is 14.6. The molecule has 0 bridgehead atoms. The molecule has 0 aromatic rings. The van der Waals surface area contributed by atoms with Crippen LogP contribution in [0.5, 0.6) is 0 Å². The van der Waals surface area contributed by atoms with E-state index in [-0.39, 0.29) is 0 Å². The molecular weight excluding hydrogens is 160 g/mol. The fraction of sp³-hybridized carbons (Fsp3) is 0.417. The first-order chi connectivity index (χ1) is 6.13. The van der Waals surface area contributed by atoms with E-state index in [4.69, 9.17) is 0 Å². The molecule has 0 atom stereocenters. The molecule has 0 aliphatic carbocycles. The van der Waals surface area contributed by atoms with E-state index in [0.717, 1.165) is 23.9 Å². The quantitative estimate of drug-likeness (QED) is 0.366. The number of rotatable bonds is 4. The number of hydrogen-bond acceptors (Lipinski definition) is 1. The SMILES string of the molecule is C/C=C(C)/C=C(C)/C=C(/C=O)CC. The monoisotopic (exact) mass is 178 g/mol. The second-order valence-electron chi connectivity index (χ2n) is 3.11. The van der Waals surface area contributed by atoms with Crippen LogP contribution in [0.1, 0.15) is 34.1 Å². The number of hydrogen-bond donors (Lipinski definition) is 0. The number of carbonyl (C=O) groups excluding carboxylic acids is 1. The zero-order valence-electron chi connectivity index (χ0n) is 8.92. The van der Waals surface area contributed by atoms with E-state index in [0.29, 0.717) is 0 Å². The van der Waals surface area contributed by atoms with E-state index in [1.807, 2.05) is 39.8 Å². The van der Waals surface area contributed by atoms with Gasteiger partial charge >= 0.3 is 0 Å². The standard InChI is InChI=1S/C12H18O/c1-5-10(3)7-11(4)8-12(6-2)9-13/h5,7-9H,6H2,1-4H3/b10-5+,11-7+,12-8+. The lowest BCUT2D eigenvalue weighted by atomic mass is 10.1. The van der Waals surface area contributed by atoms with Crippen molar-refractivity contribution in [2.24, 2.45) is 0 Å². The molecule has 0 heterocycles. The number of aldehydes is 1. The van der Waals surface area contributed by atoms with E-state index >= 15 is 0 Å². The van der Waals surface area contributed by atoms with Crippen LogP contribution in [-0.4, -0.2) is 6.29 Å². The van der Waals surface area contributed by atoms with E-state index in [1.54, 1.807) is 0 Å². The lowest BCUT2D eigenvalue weighted by molar-refractivity contribution is -0.105. The van der Waals surface area contributed by atoms with Crippen LogP contribution >= 0.6 is 0 Å². The summed E-state index contributed by atoms with van der Waals surface area (Å²) in [5.41, 5.74) is 3.19. The first kappa shape index (κ1) is 11.9. The van der Waals surface area contributed by atoms with Gasteiger partial charge in [0.1, 0.15) is 6.29 Å². The van der Waals surface area contributed by atoms with Crippen molar-refractivity contribution in [1.82, 2.24) is 0 Å². The van der Waals surface area contributed by atoms with Crippen LogP contribution < -0.4 is 0 Å². The minimum absolute atomic E-state index is 0.795. The highest BCUT2D eigenvalue weighted by Crippen LogP contribution is 2.06. The van der Waals surface area contributed by atoms with E-state index in [1.165, 1.54) is 5.57 Å². The van der Waals surface area contributed by atoms with Gasteiger partial charge in [-0.25, -0.2) is 0 Å². The topological polar surface area (TPSA) is 17.1 Å². The van der Waals surface area contributed by atoms with Crippen LogP contribution in [0, 0.1) is 0 Å². The van der Waals surface area contributed by atoms with Crippen LogP contribution in [0.2, 0.25) is 0 Å². The Morgan fingerprint density at radius 1 is 1.15 bits per heavy atom. The molecule has 0 spiro atoms. The minimum atomic E-state index is 0.795. The number of carbonyl (C=O) groups is 1. The third kappa shape index (κ3) is 5.18. The molecular formula is C12H18O. The van der Waals surface area contributed by atoms with Gasteiger partial charge in [-0.05, 0) is 32.8 Å². The molecule has 0 saturated carbocycles. The maximum Gasteiger partial charge on any atom is 0.146 e. The van der Waals surface area contributed by atoms with Crippen LogP contribution in [0.25, 0.3) is 0 Å². The van der Waals surface area contributed by atoms with Gasteiger partial charge in [0.2, 0.25) is 0 Å². The molecule has 0 aliphatic rings. The Morgan fingerprint density at radius 3 is 2.15 bits per heavy atom. The summed E-state index contributed by atoms with van der Waals surface area (Å²) in [6.45, 7) is 8.04. The summed E-state index contributed by atoms with van der Waals surface area (Å²) in [6.07, 6.45) is 7.76. The van der Waals surface area contributed by atoms with E-state index < -0.39 is 0 Å². The van der Waals surface area contributed by atoms with Crippen molar-refractivity contribution in [3.05, 3.63) is 34.9 Å². The highest BCUT2D eigenvalue weighted by atomic mass is 16.1. The van der Waals surface area contributed by atoms with Crippen molar-refractivity contribution in [1.29, 1.82) is 0 Å². The summed E-state index contributed by atoms with van der Waals surface area (Å²) in [5, 5.41) is 0.